The molecular weight excluding hydrogens is 411 g/mol. The molecule has 0 N–H and O–H groups in total. The summed E-state index contributed by atoms with van der Waals surface area (Å²) < 4.78 is 5.11. The Hall–Kier alpha value is -2.57. The second kappa shape index (κ2) is 8.43. The molecule has 3 aromatic rings. The molecule has 2 heterocycles. The monoisotopic (exact) mass is 430 g/mol. The van der Waals surface area contributed by atoms with Gasteiger partial charge in [-0.2, -0.15) is 0 Å². The molecule has 0 aliphatic carbocycles. The van der Waals surface area contributed by atoms with Gasteiger partial charge in [0.15, 0.2) is 5.82 Å². The van der Waals surface area contributed by atoms with Crippen LogP contribution in [-0.2, 0) is 4.74 Å². The SMILES string of the molecule is CCOC(=O)N1CCN(c2nc(-c3ccccc3Cl)nc3cc(Cl)ccc23)CC1. The first kappa shape index (κ1) is 19.7. The predicted molar refractivity (Wildman–Crippen MR) is 116 cm³/mol. The molecule has 0 atom stereocenters. The largest absolute Gasteiger partial charge is 0.450 e. The van der Waals surface area contributed by atoms with Gasteiger partial charge in [-0.05, 0) is 37.3 Å². The molecule has 150 valence electrons. The quantitative estimate of drug-likeness (QED) is 0.592. The molecule has 1 aromatic heterocycles. The summed E-state index contributed by atoms with van der Waals surface area (Å²) in [7, 11) is 0. The lowest BCUT2D eigenvalue weighted by Gasteiger charge is -2.35. The Morgan fingerprint density at radius 2 is 1.83 bits per heavy atom. The van der Waals surface area contributed by atoms with Gasteiger partial charge >= 0.3 is 6.09 Å². The average molecular weight is 431 g/mol. The normalized spacial score (nSPS) is 14.3. The van der Waals surface area contributed by atoms with Crippen LogP contribution in [0.1, 0.15) is 6.92 Å². The van der Waals surface area contributed by atoms with Gasteiger partial charge in [0.25, 0.3) is 0 Å². The van der Waals surface area contributed by atoms with Gasteiger partial charge in [0.2, 0.25) is 0 Å². The number of amides is 1. The molecule has 1 amide bonds. The summed E-state index contributed by atoms with van der Waals surface area (Å²) in [4.78, 5) is 25.4. The van der Waals surface area contributed by atoms with E-state index in [1.54, 1.807) is 4.90 Å². The molecule has 8 heteroatoms. The molecular formula is C21H20Cl2N4O2. The molecule has 1 fully saturated rings. The minimum Gasteiger partial charge on any atom is -0.450 e. The fourth-order valence-corrected chi connectivity index (χ4v) is 3.79. The summed E-state index contributed by atoms with van der Waals surface area (Å²) in [5, 5.41) is 2.11. The zero-order chi connectivity index (χ0) is 20.4. The van der Waals surface area contributed by atoms with Crippen LogP contribution in [-0.4, -0.2) is 53.7 Å². The van der Waals surface area contributed by atoms with Crippen LogP contribution in [0.25, 0.3) is 22.3 Å². The van der Waals surface area contributed by atoms with Gasteiger partial charge in [-0.3, -0.25) is 0 Å². The molecule has 0 radical (unpaired) electrons. The zero-order valence-electron chi connectivity index (χ0n) is 15.9. The first-order chi connectivity index (χ1) is 14.1. The van der Waals surface area contributed by atoms with Crippen molar-refractivity contribution in [1.29, 1.82) is 0 Å². The Balaban J connectivity index is 1.72. The molecule has 1 aliphatic heterocycles. The molecule has 6 nitrogen and oxygen atoms in total. The molecule has 2 aromatic carbocycles. The number of piperazine rings is 1. The summed E-state index contributed by atoms with van der Waals surface area (Å²) in [5.74, 6) is 1.36. The van der Waals surface area contributed by atoms with Crippen molar-refractivity contribution in [3.05, 3.63) is 52.5 Å². The lowest BCUT2D eigenvalue weighted by Crippen LogP contribution is -2.49. The number of benzene rings is 2. The highest BCUT2D eigenvalue weighted by Crippen LogP contribution is 2.32. The van der Waals surface area contributed by atoms with Crippen LogP contribution in [0.15, 0.2) is 42.5 Å². The average Bonchev–Trinajstić information content (AvgIpc) is 2.73. The number of hydrogen-bond donors (Lipinski definition) is 0. The van der Waals surface area contributed by atoms with Crippen molar-refractivity contribution in [2.24, 2.45) is 0 Å². The van der Waals surface area contributed by atoms with Crippen LogP contribution in [0, 0.1) is 0 Å². The first-order valence-electron chi connectivity index (χ1n) is 9.45. The third-order valence-electron chi connectivity index (χ3n) is 4.86. The van der Waals surface area contributed by atoms with Crippen molar-refractivity contribution in [2.75, 3.05) is 37.7 Å². The number of carbonyl (C=O) groups excluding carboxylic acids is 1. The fraction of sp³-hybridized carbons (Fsp3) is 0.286. The molecule has 0 bridgehead atoms. The Bertz CT molecular complexity index is 1050. The van der Waals surface area contributed by atoms with Gasteiger partial charge in [0.05, 0.1) is 17.1 Å². The zero-order valence-corrected chi connectivity index (χ0v) is 17.5. The molecule has 29 heavy (non-hydrogen) atoms. The van der Waals surface area contributed by atoms with E-state index < -0.39 is 0 Å². The van der Waals surface area contributed by atoms with Crippen LogP contribution in [0.3, 0.4) is 0 Å². The highest BCUT2D eigenvalue weighted by Gasteiger charge is 2.25. The van der Waals surface area contributed by atoms with Crippen LogP contribution in [0.5, 0.6) is 0 Å². The Kier molecular flexibility index (Phi) is 5.74. The van der Waals surface area contributed by atoms with Crippen molar-refractivity contribution in [3.8, 4) is 11.4 Å². The van der Waals surface area contributed by atoms with Crippen LogP contribution >= 0.6 is 23.2 Å². The molecule has 1 aliphatic rings. The van der Waals surface area contributed by atoms with Gasteiger partial charge in [-0.1, -0.05) is 35.3 Å². The second-order valence-corrected chi connectivity index (χ2v) is 7.53. The summed E-state index contributed by atoms with van der Waals surface area (Å²) >= 11 is 12.6. The summed E-state index contributed by atoms with van der Waals surface area (Å²) in [6.07, 6.45) is -0.275. The molecule has 0 unspecified atom stereocenters. The topological polar surface area (TPSA) is 58.6 Å². The lowest BCUT2D eigenvalue weighted by molar-refractivity contribution is 0.105. The predicted octanol–water partition coefficient (Wildman–Crippen LogP) is 4.88. The maximum absolute atomic E-state index is 12.0. The minimum absolute atomic E-state index is 0.275. The third-order valence-corrected chi connectivity index (χ3v) is 5.42. The number of rotatable bonds is 3. The van der Waals surface area contributed by atoms with Gasteiger partial charge < -0.3 is 14.5 Å². The van der Waals surface area contributed by atoms with E-state index in [2.05, 4.69) is 4.90 Å². The van der Waals surface area contributed by atoms with E-state index in [0.29, 0.717) is 48.7 Å². The summed E-state index contributed by atoms with van der Waals surface area (Å²) in [6, 6.07) is 13.1. The number of ether oxygens (including phenoxy) is 1. The molecule has 1 saturated heterocycles. The van der Waals surface area contributed by atoms with Crippen molar-refractivity contribution in [3.63, 3.8) is 0 Å². The number of anilines is 1. The molecule has 0 saturated carbocycles. The number of hydrogen-bond acceptors (Lipinski definition) is 5. The molecule has 0 spiro atoms. The maximum atomic E-state index is 12.0. The highest BCUT2D eigenvalue weighted by atomic mass is 35.5. The van der Waals surface area contributed by atoms with Gasteiger partial charge in [-0.15, -0.1) is 0 Å². The molecule has 4 rings (SSSR count). The third kappa shape index (κ3) is 4.09. The van der Waals surface area contributed by atoms with Crippen molar-refractivity contribution < 1.29 is 9.53 Å². The summed E-state index contributed by atoms with van der Waals surface area (Å²) in [5.41, 5.74) is 1.52. The van der Waals surface area contributed by atoms with E-state index in [-0.39, 0.29) is 6.09 Å². The van der Waals surface area contributed by atoms with E-state index in [4.69, 9.17) is 37.9 Å². The first-order valence-corrected chi connectivity index (χ1v) is 10.2. The van der Waals surface area contributed by atoms with Crippen LogP contribution < -0.4 is 4.90 Å². The highest BCUT2D eigenvalue weighted by molar-refractivity contribution is 6.33. The Morgan fingerprint density at radius 3 is 2.55 bits per heavy atom. The van der Waals surface area contributed by atoms with E-state index in [1.165, 1.54) is 0 Å². The van der Waals surface area contributed by atoms with E-state index in [0.717, 1.165) is 22.3 Å². The van der Waals surface area contributed by atoms with E-state index in [1.807, 2.05) is 49.4 Å². The summed E-state index contributed by atoms with van der Waals surface area (Å²) in [6.45, 7) is 4.61. The van der Waals surface area contributed by atoms with Gasteiger partial charge in [-0.25, -0.2) is 14.8 Å². The Morgan fingerprint density at radius 1 is 1.07 bits per heavy atom. The number of aromatic nitrogens is 2. The Labute approximate surface area is 179 Å². The number of fused-ring (bicyclic) bond motifs is 1. The van der Waals surface area contributed by atoms with E-state index >= 15 is 0 Å². The lowest BCUT2D eigenvalue weighted by atomic mass is 10.1. The van der Waals surface area contributed by atoms with Crippen LogP contribution in [0.4, 0.5) is 10.6 Å². The fourth-order valence-electron chi connectivity index (χ4n) is 3.41. The maximum Gasteiger partial charge on any atom is 0.409 e. The van der Waals surface area contributed by atoms with E-state index in [9.17, 15) is 4.79 Å². The van der Waals surface area contributed by atoms with Crippen molar-refractivity contribution >= 4 is 46.0 Å². The second-order valence-electron chi connectivity index (χ2n) is 6.69. The number of nitrogens with zero attached hydrogens (tertiary/aromatic N) is 4. The van der Waals surface area contributed by atoms with Crippen molar-refractivity contribution in [1.82, 2.24) is 14.9 Å². The minimum atomic E-state index is -0.275. The van der Waals surface area contributed by atoms with Crippen molar-refractivity contribution in [2.45, 2.75) is 6.92 Å². The smallest absolute Gasteiger partial charge is 0.409 e. The number of carbonyl (C=O) groups is 1. The standard InChI is InChI=1S/C21H20Cl2N4O2/c1-2-29-21(28)27-11-9-26(10-12-27)20-16-8-7-14(22)13-18(16)24-19(25-20)15-5-3-4-6-17(15)23/h3-8,13H,2,9-12H2,1H3. The van der Waals surface area contributed by atoms with Gasteiger partial charge in [0, 0.05) is 42.2 Å². The van der Waals surface area contributed by atoms with Gasteiger partial charge in [0.1, 0.15) is 5.82 Å². The van der Waals surface area contributed by atoms with Crippen LogP contribution in [0.2, 0.25) is 10.0 Å². The number of halogens is 2.